The molecule has 2 N–H and O–H groups in total. The third-order valence-corrected chi connectivity index (χ3v) is 6.76. The van der Waals surface area contributed by atoms with E-state index in [9.17, 15) is 14.7 Å². The minimum atomic E-state index is -1.08. The number of pyridine rings is 1. The van der Waals surface area contributed by atoms with Gasteiger partial charge in [0.1, 0.15) is 5.65 Å². The molecular weight excluding hydrogens is 448 g/mol. The summed E-state index contributed by atoms with van der Waals surface area (Å²) in [4.78, 5) is 40.4. The van der Waals surface area contributed by atoms with E-state index in [1.165, 1.54) is 4.57 Å². The van der Waals surface area contributed by atoms with Gasteiger partial charge in [-0.1, -0.05) is 20.8 Å². The van der Waals surface area contributed by atoms with Crippen LogP contribution in [0.2, 0.25) is 0 Å². The Morgan fingerprint density at radius 2 is 2.03 bits per heavy atom. The molecule has 10 heteroatoms. The van der Waals surface area contributed by atoms with Crippen LogP contribution < -0.4 is 10.2 Å². The summed E-state index contributed by atoms with van der Waals surface area (Å²) in [6, 6.07) is 3.67. The van der Waals surface area contributed by atoms with E-state index in [-0.39, 0.29) is 12.5 Å². The summed E-state index contributed by atoms with van der Waals surface area (Å²) in [7, 11) is 0. The number of ether oxygens (including phenoxy) is 1. The van der Waals surface area contributed by atoms with E-state index in [2.05, 4.69) is 15.3 Å². The summed E-state index contributed by atoms with van der Waals surface area (Å²) in [6.45, 7) is 8.19. The van der Waals surface area contributed by atoms with Crippen LogP contribution in [0, 0.1) is 5.92 Å². The number of carboxylic acid groups (broad SMARTS) is 1. The van der Waals surface area contributed by atoms with Crippen LogP contribution in [0.25, 0.3) is 22.3 Å². The Labute approximate surface area is 203 Å². The lowest BCUT2D eigenvalue weighted by atomic mass is 9.92. The molecule has 35 heavy (non-hydrogen) atoms. The molecule has 0 aromatic carbocycles. The zero-order valence-corrected chi connectivity index (χ0v) is 20.2. The molecule has 10 nitrogen and oxygen atoms in total. The van der Waals surface area contributed by atoms with Crippen LogP contribution in [0.4, 0.5) is 16.4 Å². The number of carbonyl (C=O) groups excluding carboxylic acids is 1. The van der Waals surface area contributed by atoms with Crippen molar-refractivity contribution in [2.45, 2.75) is 45.4 Å². The second-order valence-electron chi connectivity index (χ2n) is 10.2. The molecule has 184 valence electrons. The number of hydrogen-bond donors (Lipinski definition) is 2. The van der Waals surface area contributed by atoms with Gasteiger partial charge < -0.3 is 15.2 Å². The number of amides is 1. The lowest BCUT2D eigenvalue weighted by Crippen LogP contribution is -2.42. The highest BCUT2D eigenvalue weighted by atomic mass is 16.5. The highest BCUT2D eigenvalue weighted by Gasteiger charge is 2.30. The third kappa shape index (κ3) is 4.34. The summed E-state index contributed by atoms with van der Waals surface area (Å²) >= 11 is 0. The fourth-order valence-electron chi connectivity index (χ4n) is 4.84. The Balaban J connectivity index is 1.55. The predicted octanol–water partition coefficient (Wildman–Crippen LogP) is 3.89. The van der Waals surface area contributed by atoms with Crippen LogP contribution in [-0.4, -0.2) is 62.9 Å². The molecule has 1 amide bonds. The van der Waals surface area contributed by atoms with Gasteiger partial charge in [-0.3, -0.25) is 9.69 Å². The molecule has 3 aromatic rings. The maximum atomic E-state index is 12.8. The van der Waals surface area contributed by atoms with Crippen molar-refractivity contribution in [3.05, 3.63) is 30.2 Å². The lowest BCUT2D eigenvalue weighted by Gasteiger charge is -2.30. The van der Waals surface area contributed by atoms with Gasteiger partial charge in [0.15, 0.2) is 11.6 Å². The van der Waals surface area contributed by atoms with E-state index in [0.717, 1.165) is 38.0 Å². The Morgan fingerprint density at radius 3 is 2.74 bits per heavy atom. The first-order valence-electron chi connectivity index (χ1n) is 12.0. The van der Waals surface area contributed by atoms with Crippen molar-refractivity contribution < 1.29 is 19.4 Å². The van der Waals surface area contributed by atoms with Crippen molar-refractivity contribution in [2.24, 2.45) is 5.92 Å². The van der Waals surface area contributed by atoms with Gasteiger partial charge in [-0.2, -0.15) is 0 Å². The van der Waals surface area contributed by atoms with Crippen LogP contribution in [0.5, 0.6) is 0 Å². The monoisotopic (exact) mass is 478 g/mol. The van der Waals surface area contributed by atoms with Crippen LogP contribution in [0.15, 0.2) is 24.5 Å². The van der Waals surface area contributed by atoms with E-state index < -0.39 is 11.5 Å². The van der Waals surface area contributed by atoms with Crippen LogP contribution in [0.3, 0.4) is 0 Å². The highest BCUT2D eigenvalue weighted by Crippen LogP contribution is 2.36. The summed E-state index contributed by atoms with van der Waals surface area (Å²) in [5, 5.41) is 13.6. The number of hydrogen-bond acceptors (Lipinski definition) is 7. The zero-order valence-electron chi connectivity index (χ0n) is 20.2. The Morgan fingerprint density at radius 1 is 1.26 bits per heavy atom. The van der Waals surface area contributed by atoms with Crippen molar-refractivity contribution in [3.63, 3.8) is 0 Å². The molecule has 0 radical (unpaired) electrons. The maximum absolute atomic E-state index is 12.8. The van der Waals surface area contributed by atoms with Gasteiger partial charge in [-0.15, -0.1) is 0 Å². The third-order valence-electron chi connectivity index (χ3n) is 6.76. The Bertz CT molecular complexity index is 1290. The molecule has 0 atom stereocenters. The predicted molar refractivity (Wildman–Crippen MR) is 132 cm³/mol. The number of anilines is 2. The van der Waals surface area contributed by atoms with E-state index >= 15 is 0 Å². The van der Waals surface area contributed by atoms with Gasteiger partial charge in [0, 0.05) is 48.0 Å². The summed E-state index contributed by atoms with van der Waals surface area (Å²) in [5.41, 5.74) is 1.87. The number of nitrogens with zero attached hydrogens (tertiary/aromatic N) is 5. The number of fused-ring (bicyclic) bond motifs is 2. The topological polar surface area (TPSA) is 122 Å². The molecule has 0 bridgehead atoms. The fourth-order valence-corrected chi connectivity index (χ4v) is 4.84. The van der Waals surface area contributed by atoms with E-state index in [4.69, 9.17) is 9.72 Å². The molecule has 0 aliphatic carbocycles. The van der Waals surface area contributed by atoms with Crippen molar-refractivity contribution >= 4 is 34.7 Å². The van der Waals surface area contributed by atoms with Gasteiger partial charge in [-0.05, 0) is 37.3 Å². The molecule has 1 saturated heterocycles. The molecule has 5 rings (SSSR count). The first-order chi connectivity index (χ1) is 16.7. The Kier molecular flexibility index (Phi) is 5.92. The average molecular weight is 479 g/mol. The van der Waals surface area contributed by atoms with Crippen molar-refractivity contribution in [1.82, 2.24) is 19.5 Å². The maximum Gasteiger partial charge on any atom is 0.417 e. The average Bonchev–Trinajstić information content (AvgIpc) is 3.25. The van der Waals surface area contributed by atoms with Crippen LogP contribution in [-0.2, 0) is 14.9 Å². The van der Waals surface area contributed by atoms with Crippen molar-refractivity contribution in [2.75, 3.05) is 36.5 Å². The van der Waals surface area contributed by atoms with E-state index in [1.807, 2.05) is 32.9 Å². The summed E-state index contributed by atoms with van der Waals surface area (Å²) in [6.07, 6.45) is 5.05. The quantitative estimate of drug-likeness (QED) is 0.579. The molecular formula is C25H30N6O4. The van der Waals surface area contributed by atoms with Gasteiger partial charge >= 0.3 is 6.09 Å². The van der Waals surface area contributed by atoms with Crippen molar-refractivity contribution in [1.29, 1.82) is 0 Å². The van der Waals surface area contributed by atoms with Crippen molar-refractivity contribution in [3.8, 4) is 11.3 Å². The van der Waals surface area contributed by atoms with Gasteiger partial charge in [0.2, 0.25) is 5.91 Å². The number of nitrogens with one attached hydrogen (secondary N) is 1. The standard InChI is InChI=1S/C25H30N6O4/c1-25(2,3)19-12-17-16(4-8-26-22(17)31(19)24(33)34)18-13-27-21-23(29-18)30(20(32)14-28-21)9-5-15-6-10-35-11-7-15/h4,8,12-13,15H,5-7,9-11,14H2,1-3H3,(H,27,28)(H,33,34). The number of carbonyl (C=O) groups is 2. The van der Waals surface area contributed by atoms with Gasteiger partial charge in [-0.25, -0.2) is 24.3 Å². The number of rotatable bonds is 4. The molecule has 0 saturated carbocycles. The molecule has 0 spiro atoms. The highest BCUT2D eigenvalue weighted by molar-refractivity contribution is 6.02. The molecule has 2 aliphatic rings. The van der Waals surface area contributed by atoms with E-state index in [0.29, 0.717) is 46.5 Å². The minimum absolute atomic E-state index is 0.0390. The first-order valence-corrected chi connectivity index (χ1v) is 12.0. The second kappa shape index (κ2) is 8.92. The molecule has 3 aromatic heterocycles. The largest absolute Gasteiger partial charge is 0.464 e. The first kappa shape index (κ1) is 23.2. The van der Waals surface area contributed by atoms with Gasteiger partial charge in [0.25, 0.3) is 0 Å². The SMILES string of the molecule is CC(C)(C)c1cc2c(-c3cnc4c(n3)N(CCC3CCOCC3)C(=O)CN4)ccnc2n1C(=O)O. The molecule has 5 heterocycles. The molecule has 2 aliphatic heterocycles. The van der Waals surface area contributed by atoms with Crippen LogP contribution in [0.1, 0.15) is 45.7 Å². The Hall–Kier alpha value is -3.53. The van der Waals surface area contributed by atoms with E-state index in [1.54, 1.807) is 17.3 Å². The smallest absolute Gasteiger partial charge is 0.417 e. The normalized spacial score (nSPS) is 16.9. The van der Waals surface area contributed by atoms with Gasteiger partial charge in [0.05, 0.1) is 18.4 Å². The minimum Gasteiger partial charge on any atom is -0.464 e. The molecule has 0 unspecified atom stereocenters. The second-order valence-corrected chi connectivity index (χ2v) is 10.2. The zero-order chi connectivity index (χ0) is 24.7. The summed E-state index contributed by atoms with van der Waals surface area (Å²) < 4.78 is 6.69. The lowest BCUT2D eigenvalue weighted by molar-refractivity contribution is -0.117. The summed E-state index contributed by atoms with van der Waals surface area (Å²) in [5.74, 6) is 1.56. The molecule has 1 fully saturated rings. The fraction of sp³-hybridized carbons (Fsp3) is 0.480. The number of aromatic nitrogens is 4. The van der Waals surface area contributed by atoms with Crippen LogP contribution >= 0.6 is 0 Å².